The average molecular weight is 480 g/mol. The van der Waals surface area contributed by atoms with E-state index in [0.717, 1.165) is 6.20 Å². The highest BCUT2D eigenvalue weighted by Crippen LogP contribution is 2.48. The van der Waals surface area contributed by atoms with Crippen LogP contribution in [-0.4, -0.2) is 36.1 Å². The lowest BCUT2D eigenvalue weighted by molar-refractivity contribution is 0.0579. The summed E-state index contributed by atoms with van der Waals surface area (Å²) in [6.07, 6.45) is 0.442. The molecule has 180 valence electrons. The van der Waals surface area contributed by atoms with E-state index in [1.807, 2.05) is 6.92 Å². The average Bonchev–Trinajstić information content (AvgIpc) is 2.84. The van der Waals surface area contributed by atoms with Crippen molar-refractivity contribution in [3.63, 3.8) is 0 Å². The van der Waals surface area contributed by atoms with E-state index in [2.05, 4.69) is 20.6 Å². The number of nitrogens with one attached hydrogen (secondary N) is 2. The Bertz CT molecular complexity index is 1380. The molecule has 1 aromatic heterocycles. The lowest BCUT2D eigenvalue weighted by atomic mass is 9.96. The van der Waals surface area contributed by atoms with Crippen molar-refractivity contribution in [2.75, 3.05) is 24.9 Å². The van der Waals surface area contributed by atoms with Crippen molar-refractivity contribution in [1.82, 2.24) is 9.97 Å². The van der Waals surface area contributed by atoms with Crippen molar-refractivity contribution >= 4 is 35.1 Å². The molecule has 0 saturated carbocycles. The second-order valence-electron chi connectivity index (χ2n) is 7.95. The molecule has 11 heteroatoms. The molecule has 35 heavy (non-hydrogen) atoms. The number of halogens is 1. The van der Waals surface area contributed by atoms with Gasteiger partial charge in [0.05, 0.1) is 54.0 Å². The Labute approximate surface area is 199 Å². The fourth-order valence-electron chi connectivity index (χ4n) is 4.15. The van der Waals surface area contributed by atoms with Crippen LogP contribution in [0.15, 0.2) is 30.5 Å². The van der Waals surface area contributed by atoms with Crippen molar-refractivity contribution < 1.29 is 32.9 Å². The minimum atomic E-state index is -0.687. The number of esters is 2. The number of carbonyl (C=O) groups is 2. The molecule has 3 aromatic rings. The molecule has 0 spiro atoms. The van der Waals surface area contributed by atoms with E-state index < -0.39 is 17.8 Å². The Hall–Kier alpha value is -4.41. The third-order valence-electron chi connectivity index (χ3n) is 5.85. The smallest absolute Gasteiger partial charge is 0.338 e. The molecule has 0 saturated heterocycles. The summed E-state index contributed by atoms with van der Waals surface area (Å²) < 4.78 is 35.6. The van der Waals surface area contributed by atoms with Crippen LogP contribution in [0.1, 0.15) is 57.9 Å². The minimum absolute atomic E-state index is 0.0991. The van der Waals surface area contributed by atoms with Gasteiger partial charge in [-0.15, -0.1) is 0 Å². The van der Waals surface area contributed by atoms with Gasteiger partial charge in [0.25, 0.3) is 0 Å². The maximum Gasteiger partial charge on any atom is 0.338 e. The molecule has 0 radical (unpaired) electrons. The Kier molecular flexibility index (Phi) is 5.39. The van der Waals surface area contributed by atoms with Crippen molar-refractivity contribution in [3.05, 3.63) is 58.5 Å². The van der Waals surface area contributed by atoms with Gasteiger partial charge in [0.2, 0.25) is 5.95 Å². The molecule has 5 rings (SSSR count). The summed E-state index contributed by atoms with van der Waals surface area (Å²) in [5, 5.41) is 5.91. The number of hydrogen-bond acceptors (Lipinski definition) is 10. The fraction of sp³-hybridized carbons (Fsp3) is 0.250. The second-order valence-corrected chi connectivity index (χ2v) is 7.95. The zero-order valence-corrected chi connectivity index (χ0v) is 19.3. The zero-order valence-electron chi connectivity index (χ0n) is 19.3. The SMILES string of the molecule is COC(=O)c1ccc(Nc2ncc(F)c(Nc3ccc(C(=O)OC)c4c3OC4C)n2)c2c1C(C)O2. The number of rotatable bonds is 6. The van der Waals surface area contributed by atoms with Crippen molar-refractivity contribution in [3.8, 4) is 11.5 Å². The summed E-state index contributed by atoms with van der Waals surface area (Å²) in [6, 6.07) is 6.44. The van der Waals surface area contributed by atoms with Gasteiger partial charge >= 0.3 is 11.9 Å². The molecular weight excluding hydrogens is 459 g/mol. The molecule has 3 heterocycles. The highest BCUT2D eigenvalue weighted by Gasteiger charge is 2.35. The predicted octanol–water partition coefficient (Wildman–Crippen LogP) is 4.58. The molecule has 2 unspecified atom stereocenters. The first-order chi connectivity index (χ1) is 16.8. The number of fused-ring (bicyclic) bond motifs is 2. The number of hydrogen-bond donors (Lipinski definition) is 2. The lowest BCUT2D eigenvalue weighted by Crippen LogP contribution is -2.23. The van der Waals surface area contributed by atoms with E-state index >= 15 is 0 Å². The van der Waals surface area contributed by atoms with Crippen LogP contribution in [-0.2, 0) is 9.47 Å². The van der Waals surface area contributed by atoms with Gasteiger partial charge in [-0.2, -0.15) is 4.98 Å². The first kappa shape index (κ1) is 22.4. The van der Waals surface area contributed by atoms with E-state index in [-0.39, 0.29) is 24.0 Å². The van der Waals surface area contributed by atoms with Gasteiger partial charge < -0.3 is 29.6 Å². The number of anilines is 4. The van der Waals surface area contributed by atoms with Crippen LogP contribution < -0.4 is 20.1 Å². The van der Waals surface area contributed by atoms with E-state index in [9.17, 15) is 14.0 Å². The van der Waals surface area contributed by atoms with Gasteiger partial charge in [0.1, 0.15) is 12.2 Å². The highest BCUT2D eigenvalue weighted by atomic mass is 19.1. The molecule has 0 bridgehead atoms. The van der Waals surface area contributed by atoms with Crippen LogP contribution >= 0.6 is 0 Å². The van der Waals surface area contributed by atoms with E-state index in [0.29, 0.717) is 45.1 Å². The number of methoxy groups -OCH3 is 2. The Morgan fingerprint density at radius 3 is 1.89 bits per heavy atom. The van der Waals surface area contributed by atoms with Gasteiger partial charge in [-0.3, -0.25) is 0 Å². The maximum atomic E-state index is 14.6. The van der Waals surface area contributed by atoms with Crippen LogP contribution in [0.3, 0.4) is 0 Å². The first-order valence-electron chi connectivity index (χ1n) is 10.7. The van der Waals surface area contributed by atoms with Gasteiger partial charge in [-0.1, -0.05) is 0 Å². The van der Waals surface area contributed by atoms with Gasteiger partial charge in [0.15, 0.2) is 23.1 Å². The third kappa shape index (κ3) is 3.65. The summed E-state index contributed by atoms with van der Waals surface area (Å²) in [5.74, 6) is -0.720. The summed E-state index contributed by atoms with van der Waals surface area (Å²) in [5.41, 5.74) is 3.14. The molecule has 0 aliphatic carbocycles. The summed E-state index contributed by atoms with van der Waals surface area (Å²) >= 11 is 0. The van der Waals surface area contributed by atoms with E-state index in [4.69, 9.17) is 18.9 Å². The molecule has 2 aliphatic heterocycles. The highest BCUT2D eigenvalue weighted by molar-refractivity contribution is 5.95. The van der Waals surface area contributed by atoms with Crippen molar-refractivity contribution in [2.45, 2.75) is 26.1 Å². The Morgan fingerprint density at radius 2 is 1.40 bits per heavy atom. The van der Waals surface area contributed by atoms with Crippen molar-refractivity contribution in [1.29, 1.82) is 0 Å². The third-order valence-corrected chi connectivity index (χ3v) is 5.85. The Balaban J connectivity index is 1.43. The van der Waals surface area contributed by atoms with Crippen LogP contribution in [0.2, 0.25) is 0 Å². The van der Waals surface area contributed by atoms with Gasteiger partial charge in [0, 0.05) is 0 Å². The molecule has 0 amide bonds. The zero-order chi connectivity index (χ0) is 24.9. The monoisotopic (exact) mass is 480 g/mol. The molecule has 2 N–H and O–H groups in total. The number of ether oxygens (including phenoxy) is 4. The van der Waals surface area contributed by atoms with Gasteiger partial charge in [-0.05, 0) is 38.1 Å². The van der Waals surface area contributed by atoms with Crippen LogP contribution in [0.5, 0.6) is 11.5 Å². The molecular formula is C24H21FN4O6. The van der Waals surface area contributed by atoms with Crippen LogP contribution in [0.4, 0.5) is 27.5 Å². The van der Waals surface area contributed by atoms with Crippen molar-refractivity contribution in [2.24, 2.45) is 0 Å². The molecule has 0 fully saturated rings. The molecule has 2 aliphatic rings. The summed E-state index contributed by atoms with van der Waals surface area (Å²) in [6.45, 7) is 3.62. The normalized spacial score (nSPS) is 16.8. The lowest BCUT2D eigenvalue weighted by Gasteiger charge is -2.32. The van der Waals surface area contributed by atoms with Gasteiger partial charge in [-0.25, -0.2) is 19.0 Å². The van der Waals surface area contributed by atoms with E-state index in [1.165, 1.54) is 14.2 Å². The van der Waals surface area contributed by atoms with Crippen LogP contribution in [0.25, 0.3) is 0 Å². The quantitative estimate of drug-likeness (QED) is 0.485. The number of nitrogens with zero attached hydrogens (tertiary/aromatic N) is 2. The largest absolute Gasteiger partial charge is 0.483 e. The second kappa shape index (κ2) is 8.42. The number of carbonyl (C=O) groups excluding carboxylic acids is 2. The number of benzene rings is 2. The minimum Gasteiger partial charge on any atom is -0.483 e. The predicted molar refractivity (Wildman–Crippen MR) is 122 cm³/mol. The summed E-state index contributed by atoms with van der Waals surface area (Å²) in [7, 11) is 2.62. The molecule has 2 aromatic carbocycles. The molecule has 10 nitrogen and oxygen atoms in total. The Morgan fingerprint density at radius 1 is 0.886 bits per heavy atom. The van der Waals surface area contributed by atoms with E-state index in [1.54, 1.807) is 31.2 Å². The number of aromatic nitrogens is 2. The maximum absolute atomic E-state index is 14.6. The van der Waals surface area contributed by atoms with Crippen LogP contribution in [0, 0.1) is 5.82 Å². The standard InChI is InChI=1S/C24H21FN4O6/c1-10-17-12(22(30)32-3)5-7-15(19(17)34-10)27-21-14(25)9-26-24(29-21)28-16-8-6-13(23(31)33-4)18-11(2)35-20(16)18/h5-11H,1-4H3,(H2,26,27,28,29). The topological polar surface area (TPSA) is 121 Å². The fourth-order valence-corrected chi connectivity index (χ4v) is 4.15. The summed E-state index contributed by atoms with van der Waals surface area (Å²) in [4.78, 5) is 32.3. The molecule has 2 atom stereocenters. The first-order valence-corrected chi connectivity index (χ1v) is 10.7.